The second kappa shape index (κ2) is 13.4. The molecule has 1 aliphatic carbocycles. The molecule has 0 spiro atoms. The fourth-order valence-electron chi connectivity index (χ4n) is 5.27. The lowest BCUT2D eigenvalue weighted by Crippen LogP contribution is -2.28. The molecular formula is C34H37N3O5S. The fourth-order valence-corrected chi connectivity index (χ4v) is 6.68. The Labute approximate surface area is 253 Å². The third kappa shape index (κ3) is 7.22. The molecule has 0 bridgehead atoms. The van der Waals surface area contributed by atoms with E-state index >= 15 is 0 Å². The summed E-state index contributed by atoms with van der Waals surface area (Å²) in [6.07, 6.45) is 7.47. The average molecular weight is 600 g/mol. The zero-order valence-electron chi connectivity index (χ0n) is 24.5. The standard InChI is InChI=1S/C34H37N3O5S/c1-3-24(2)20-36-34(39)26-12-14-27(15-13-26)43(40,41)22-30-28-10-7-11-31(38)29(28)16-17-32(30)42-33(21-37-19-18-35-23-37)25-8-5-4-6-9-25/h4-6,8-9,12-19,23-24,33H,3,7,10-11,20-22H2,1-2H3,(H,36,39). The monoisotopic (exact) mass is 599 g/mol. The van der Waals surface area contributed by atoms with Crippen molar-refractivity contribution in [3.8, 4) is 5.75 Å². The van der Waals surface area contributed by atoms with E-state index < -0.39 is 15.9 Å². The van der Waals surface area contributed by atoms with Crippen LogP contribution in [0, 0.1) is 5.92 Å². The lowest BCUT2D eigenvalue weighted by atomic mass is 9.87. The summed E-state index contributed by atoms with van der Waals surface area (Å²) in [6, 6.07) is 19.3. The number of benzene rings is 3. The van der Waals surface area contributed by atoms with Crippen LogP contribution in [0.1, 0.15) is 76.6 Å². The smallest absolute Gasteiger partial charge is 0.251 e. The molecule has 1 aromatic heterocycles. The van der Waals surface area contributed by atoms with Crippen LogP contribution in [0.15, 0.2) is 90.3 Å². The van der Waals surface area contributed by atoms with Gasteiger partial charge in [-0.05, 0) is 66.3 Å². The minimum atomic E-state index is -3.85. The second-order valence-electron chi connectivity index (χ2n) is 11.1. The summed E-state index contributed by atoms with van der Waals surface area (Å²) in [5.74, 6) is 0.236. The predicted molar refractivity (Wildman–Crippen MR) is 165 cm³/mol. The molecule has 0 radical (unpaired) electrons. The normalized spacial score (nSPS) is 14.5. The number of fused-ring (bicyclic) bond motifs is 1. The van der Waals surface area contributed by atoms with Crippen LogP contribution < -0.4 is 10.1 Å². The highest BCUT2D eigenvalue weighted by Gasteiger charge is 2.28. The number of ether oxygens (including phenoxy) is 1. The second-order valence-corrected chi connectivity index (χ2v) is 13.1. The van der Waals surface area contributed by atoms with Crippen LogP contribution in [0.5, 0.6) is 5.75 Å². The summed E-state index contributed by atoms with van der Waals surface area (Å²) in [5.41, 5.74) is 3.13. The predicted octanol–water partition coefficient (Wildman–Crippen LogP) is 5.97. The van der Waals surface area contributed by atoms with Crippen molar-refractivity contribution < 1.29 is 22.7 Å². The molecule has 1 aliphatic rings. The van der Waals surface area contributed by atoms with E-state index in [4.69, 9.17) is 4.74 Å². The Morgan fingerprint density at radius 3 is 2.51 bits per heavy atom. The molecule has 0 fully saturated rings. The largest absolute Gasteiger partial charge is 0.484 e. The number of carbonyl (C=O) groups excluding carboxylic acids is 2. The molecule has 3 aromatic carbocycles. The molecule has 8 nitrogen and oxygen atoms in total. The molecule has 0 saturated carbocycles. The van der Waals surface area contributed by atoms with Gasteiger partial charge in [-0.1, -0.05) is 50.6 Å². The molecule has 1 amide bonds. The molecule has 1 heterocycles. The lowest BCUT2D eigenvalue weighted by molar-refractivity contribution is 0.0945. The number of hydrogen-bond donors (Lipinski definition) is 1. The van der Waals surface area contributed by atoms with Gasteiger partial charge >= 0.3 is 0 Å². The number of sulfone groups is 1. The van der Waals surface area contributed by atoms with E-state index in [-0.39, 0.29) is 22.3 Å². The Kier molecular flexibility index (Phi) is 9.40. The summed E-state index contributed by atoms with van der Waals surface area (Å²) >= 11 is 0. The summed E-state index contributed by atoms with van der Waals surface area (Å²) in [7, 11) is -3.85. The highest BCUT2D eigenvalue weighted by atomic mass is 32.2. The van der Waals surface area contributed by atoms with Crippen molar-refractivity contribution in [3.63, 3.8) is 0 Å². The number of carbonyl (C=O) groups is 2. The minimum absolute atomic E-state index is 0.0113. The van der Waals surface area contributed by atoms with Gasteiger partial charge in [0.15, 0.2) is 15.6 Å². The van der Waals surface area contributed by atoms with Gasteiger partial charge in [0.1, 0.15) is 11.9 Å². The number of aromatic nitrogens is 2. The van der Waals surface area contributed by atoms with Crippen molar-refractivity contribution in [2.75, 3.05) is 6.54 Å². The maximum atomic E-state index is 13.8. The van der Waals surface area contributed by atoms with Gasteiger partial charge in [-0.2, -0.15) is 0 Å². The number of nitrogens with zero attached hydrogens (tertiary/aromatic N) is 2. The molecule has 0 saturated heterocycles. The Morgan fingerprint density at radius 2 is 1.81 bits per heavy atom. The van der Waals surface area contributed by atoms with Crippen LogP contribution in [-0.4, -0.2) is 36.2 Å². The molecular weight excluding hydrogens is 562 g/mol. The van der Waals surface area contributed by atoms with E-state index in [1.54, 1.807) is 24.7 Å². The SMILES string of the molecule is CCC(C)CNC(=O)c1ccc(S(=O)(=O)Cc2c(OC(Cn3ccnc3)c3ccccc3)ccc3c2CCCC3=O)cc1. The molecule has 224 valence electrons. The molecule has 2 unspecified atom stereocenters. The third-order valence-electron chi connectivity index (χ3n) is 8.01. The lowest BCUT2D eigenvalue weighted by Gasteiger charge is -2.25. The number of amides is 1. The molecule has 43 heavy (non-hydrogen) atoms. The van der Waals surface area contributed by atoms with Crippen LogP contribution in [0.4, 0.5) is 0 Å². The van der Waals surface area contributed by atoms with Gasteiger partial charge in [-0.25, -0.2) is 13.4 Å². The van der Waals surface area contributed by atoms with Crippen molar-refractivity contribution >= 4 is 21.5 Å². The van der Waals surface area contributed by atoms with Crippen molar-refractivity contribution in [1.82, 2.24) is 14.9 Å². The summed E-state index contributed by atoms with van der Waals surface area (Å²) in [5, 5.41) is 2.90. The van der Waals surface area contributed by atoms with Gasteiger partial charge in [-0.15, -0.1) is 0 Å². The Balaban J connectivity index is 1.46. The molecule has 2 atom stereocenters. The topological polar surface area (TPSA) is 107 Å². The quantitative estimate of drug-likeness (QED) is 0.215. The number of ketones is 1. The maximum absolute atomic E-state index is 13.8. The van der Waals surface area contributed by atoms with Gasteiger partial charge in [0.05, 0.1) is 23.5 Å². The Morgan fingerprint density at radius 1 is 1.05 bits per heavy atom. The van der Waals surface area contributed by atoms with Crippen LogP contribution in [0.25, 0.3) is 0 Å². The van der Waals surface area contributed by atoms with Gasteiger partial charge < -0.3 is 14.6 Å². The van der Waals surface area contributed by atoms with E-state index in [9.17, 15) is 18.0 Å². The highest BCUT2D eigenvalue weighted by molar-refractivity contribution is 7.90. The molecule has 5 rings (SSSR count). The third-order valence-corrected chi connectivity index (χ3v) is 9.67. The first-order valence-corrected chi connectivity index (χ1v) is 16.4. The number of rotatable bonds is 12. The zero-order valence-corrected chi connectivity index (χ0v) is 25.3. The average Bonchev–Trinajstić information content (AvgIpc) is 3.54. The van der Waals surface area contributed by atoms with Crippen LogP contribution >= 0.6 is 0 Å². The number of hydrogen-bond acceptors (Lipinski definition) is 6. The van der Waals surface area contributed by atoms with Gasteiger partial charge in [0.25, 0.3) is 5.91 Å². The zero-order chi connectivity index (χ0) is 30.4. The van der Waals surface area contributed by atoms with Gasteiger partial charge in [0, 0.05) is 42.0 Å². The first-order valence-electron chi connectivity index (χ1n) is 14.7. The molecule has 1 N–H and O–H groups in total. The van der Waals surface area contributed by atoms with Crippen LogP contribution in [0.2, 0.25) is 0 Å². The van der Waals surface area contributed by atoms with Crippen molar-refractivity contribution in [3.05, 3.63) is 113 Å². The maximum Gasteiger partial charge on any atom is 0.251 e. The van der Waals surface area contributed by atoms with E-state index in [2.05, 4.69) is 24.1 Å². The summed E-state index contributed by atoms with van der Waals surface area (Å²) in [4.78, 5) is 29.6. The van der Waals surface area contributed by atoms with Gasteiger partial charge in [-0.3, -0.25) is 9.59 Å². The Bertz CT molecular complexity index is 1670. The molecule has 4 aromatic rings. The fraction of sp³-hybridized carbons (Fsp3) is 0.324. The van der Waals surface area contributed by atoms with Crippen LogP contribution in [-0.2, 0) is 28.6 Å². The Hall–Kier alpha value is -4.24. The number of nitrogens with one attached hydrogen (secondary N) is 1. The summed E-state index contributed by atoms with van der Waals surface area (Å²) < 4.78 is 36.2. The van der Waals surface area contributed by atoms with Crippen LogP contribution in [0.3, 0.4) is 0 Å². The summed E-state index contributed by atoms with van der Waals surface area (Å²) in [6.45, 7) is 5.14. The van der Waals surface area contributed by atoms with E-state index in [1.807, 2.05) is 41.1 Å². The van der Waals surface area contributed by atoms with Crippen molar-refractivity contribution in [2.45, 2.75) is 62.8 Å². The highest BCUT2D eigenvalue weighted by Crippen LogP contribution is 2.36. The van der Waals surface area contributed by atoms with Crippen molar-refractivity contribution in [1.29, 1.82) is 0 Å². The van der Waals surface area contributed by atoms with E-state index in [0.29, 0.717) is 60.7 Å². The van der Waals surface area contributed by atoms with E-state index in [1.165, 1.54) is 24.3 Å². The minimum Gasteiger partial charge on any atom is -0.484 e. The van der Waals surface area contributed by atoms with E-state index in [0.717, 1.165) is 17.5 Å². The number of imidazole rings is 1. The van der Waals surface area contributed by atoms with Gasteiger partial charge in [0.2, 0.25) is 0 Å². The molecule has 9 heteroatoms. The first kappa shape index (κ1) is 30.2. The molecule has 0 aliphatic heterocycles. The first-order chi connectivity index (χ1) is 20.7. The number of Topliss-reactive ketones (excluding diaryl/α,β-unsaturated/α-hetero) is 1. The van der Waals surface area contributed by atoms with Crippen molar-refractivity contribution in [2.24, 2.45) is 5.92 Å².